The minimum absolute atomic E-state index is 0.0524. The molecule has 0 spiro atoms. The Balaban J connectivity index is 3.05. The first-order valence-corrected chi connectivity index (χ1v) is 6.08. The molecule has 0 radical (unpaired) electrons. The number of hydrogen-bond donors (Lipinski definition) is 1. The average molecular weight is 223 g/mol. The molecule has 0 heterocycles. The number of hydrogen-bond acceptors (Lipinski definition) is 3. The molecule has 0 aromatic carbocycles. The smallest absolute Gasteiger partial charge is 0.168 e. The van der Waals surface area contributed by atoms with Crippen molar-refractivity contribution in [1.29, 1.82) is 0 Å². The molecule has 0 saturated heterocycles. The van der Waals surface area contributed by atoms with Crippen LogP contribution < -0.4 is 0 Å². The van der Waals surface area contributed by atoms with Crippen LogP contribution in [0, 0.1) is 0 Å². The van der Waals surface area contributed by atoms with Gasteiger partial charge in [0.2, 0.25) is 0 Å². The van der Waals surface area contributed by atoms with Gasteiger partial charge >= 0.3 is 0 Å². The number of rotatable bonds is 4. The predicted molar refractivity (Wildman–Crippen MR) is 66.0 cm³/mol. The molecule has 16 heavy (non-hydrogen) atoms. The molecule has 1 aliphatic carbocycles. The summed E-state index contributed by atoms with van der Waals surface area (Å²) in [5.74, 6) is 0.292. The monoisotopic (exact) mass is 223 g/mol. The molecule has 1 aliphatic rings. The van der Waals surface area contributed by atoms with Gasteiger partial charge < -0.3 is 5.11 Å². The topological polar surface area (TPSA) is 49.7 Å². The van der Waals surface area contributed by atoms with Crippen molar-refractivity contribution in [2.24, 2.45) is 4.99 Å². The van der Waals surface area contributed by atoms with E-state index in [0.717, 1.165) is 25.0 Å². The first kappa shape index (κ1) is 12.9. The Morgan fingerprint density at radius 3 is 2.62 bits per heavy atom. The van der Waals surface area contributed by atoms with Gasteiger partial charge in [-0.05, 0) is 26.7 Å². The number of aliphatic hydroxyl groups is 1. The highest BCUT2D eigenvalue weighted by molar-refractivity contribution is 6.23. The van der Waals surface area contributed by atoms with Gasteiger partial charge in [-0.2, -0.15) is 0 Å². The molecule has 0 aliphatic heterocycles. The van der Waals surface area contributed by atoms with E-state index in [1.54, 1.807) is 0 Å². The zero-order chi connectivity index (χ0) is 12.1. The van der Waals surface area contributed by atoms with Crippen molar-refractivity contribution in [1.82, 2.24) is 0 Å². The van der Waals surface area contributed by atoms with E-state index in [1.807, 2.05) is 13.8 Å². The van der Waals surface area contributed by atoms with Crippen molar-refractivity contribution in [2.45, 2.75) is 58.9 Å². The Hall–Kier alpha value is -1.12. The van der Waals surface area contributed by atoms with Crippen LogP contribution in [0.2, 0.25) is 0 Å². The predicted octanol–water partition coefficient (Wildman–Crippen LogP) is 3.20. The fourth-order valence-corrected chi connectivity index (χ4v) is 1.96. The summed E-state index contributed by atoms with van der Waals surface area (Å²) in [5, 5.41) is 9.83. The minimum atomic E-state index is 0.0524. The molecule has 90 valence electrons. The third kappa shape index (κ3) is 3.19. The fraction of sp³-hybridized carbons (Fsp3) is 0.692. The van der Waals surface area contributed by atoms with E-state index in [-0.39, 0.29) is 17.6 Å². The highest BCUT2D eigenvalue weighted by Gasteiger charge is 2.24. The quantitative estimate of drug-likeness (QED) is 0.744. The van der Waals surface area contributed by atoms with Crippen LogP contribution >= 0.6 is 0 Å². The van der Waals surface area contributed by atoms with Gasteiger partial charge in [-0.3, -0.25) is 9.79 Å². The standard InChI is InChI=1S/C13H21NO2/c1-4-6-10(14-9(2)3)13-11(15)7-5-8-12(13)16/h9,15H,4-8H2,1-3H3. The number of nitrogens with zero attached hydrogens (tertiary/aromatic N) is 1. The van der Waals surface area contributed by atoms with Crippen molar-refractivity contribution in [3.05, 3.63) is 11.3 Å². The summed E-state index contributed by atoms with van der Waals surface area (Å²) in [4.78, 5) is 16.3. The lowest BCUT2D eigenvalue weighted by Gasteiger charge is -2.17. The van der Waals surface area contributed by atoms with Crippen molar-refractivity contribution in [3.63, 3.8) is 0 Å². The second-order valence-corrected chi connectivity index (χ2v) is 4.52. The van der Waals surface area contributed by atoms with Gasteiger partial charge in [0.25, 0.3) is 0 Å². The van der Waals surface area contributed by atoms with Crippen molar-refractivity contribution in [2.75, 3.05) is 0 Å². The van der Waals surface area contributed by atoms with E-state index in [1.165, 1.54) is 0 Å². The highest BCUT2D eigenvalue weighted by atomic mass is 16.3. The molecule has 3 heteroatoms. The summed E-state index contributed by atoms with van der Waals surface area (Å²) >= 11 is 0. The summed E-state index contributed by atoms with van der Waals surface area (Å²) < 4.78 is 0. The van der Waals surface area contributed by atoms with Crippen LogP contribution in [0.15, 0.2) is 16.3 Å². The van der Waals surface area contributed by atoms with Gasteiger partial charge in [-0.15, -0.1) is 0 Å². The molecule has 0 aromatic heterocycles. The van der Waals surface area contributed by atoms with E-state index >= 15 is 0 Å². The number of aliphatic hydroxyl groups excluding tert-OH is 1. The van der Waals surface area contributed by atoms with E-state index < -0.39 is 0 Å². The number of carbonyl (C=O) groups excluding carboxylic acids is 1. The first-order valence-electron chi connectivity index (χ1n) is 6.08. The number of aliphatic imine (C=N–C) groups is 1. The van der Waals surface area contributed by atoms with Gasteiger partial charge in [-0.25, -0.2) is 0 Å². The maximum Gasteiger partial charge on any atom is 0.168 e. The molecule has 0 unspecified atom stereocenters. The largest absolute Gasteiger partial charge is 0.511 e. The number of Topliss-reactive ketones (excluding diaryl/α,β-unsaturated/α-hetero) is 1. The molecule has 1 N–H and O–H groups in total. The van der Waals surface area contributed by atoms with Gasteiger partial charge in [-0.1, -0.05) is 13.3 Å². The maximum atomic E-state index is 11.8. The Morgan fingerprint density at radius 2 is 2.12 bits per heavy atom. The average Bonchev–Trinajstić information content (AvgIpc) is 2.16. The minimum Gasteiger partial charge on any atom is -0.511 e. The van der Waals surface area contributed by atoms with Crippen LogP contribution in [0.5, 0.6) is 0 Å². The zero-order valence-corrected chi connectivity index (χ0v) is 10.4. The number of carbonyl (C=O) groups is 1. The van der Waals surface area contributed by atoms with Gasteiger partial charge in [0, 0.05) is 24.6 Å². The molecule has 0 amide bonds. The summed E-state index contributed by atoms with van der Waals surface area (Å²) in [7, 11) is 0. The zero-order valence-electron chi connectivity index (χ0n) is 10.4. The Kier molecular flexibility index (Phi) is 4.71. The lowest BCUT2D eigenvalue weighted by Crippen LogP contribution is -2.20. The maximum absolute atomic E-state index is 11.8. The highest BCUT2D eigenvalue weighted by Crippen LogP contribution is 2.23. The van der Waals surface area contributed by atoms with E-state index in [0.29, 0.717) is 18.4 Å². The van der Waals surface area contributed by atoms with E-state index in [4.69, 9.17) is 0 Å². The summed E-state index contributed by atoms with van der Waals surface area (Å²) in [5.41, 5.74) is 1.29. The van der Waals surface area contributed by atoms with Crippen molar-refractivity contribution >= 4 is 11.5 Å². The molecular formula is C13H21NO2. The van der Waals surface area contributed by atoms with Crippen LogP contribution in [-0.2, 0) is 4.79 Å². The molecule has 0 saturated carbocycles. The second kappa shape index (κ2) is 5.83. The molecule has 3 nitrogen and oxygen atoms in total. The van der Waals surface area contributed by atoms with E-state index in [2.05, 4.69) is 11.9 Å². The van der Waals surface area contributed by atoms with Crippen LogP contribution in [0.25, 0.3) is 0 Å². The van der Waals surface area contributed by atoms with Crippen LogP contribution in [0.1, 0.15) is 52.9 Å². The third-order valence-electron chi connectivity index (χ3n) is 2.57. The fourth-order valence-electron chi connectivity index (χ4n) is 1.96. The summed E-state index contributed by atoms with van der Waals surface area (Å²) in [6.45, 7) is 6.03. The molecule has 0 bridgehead atoms. The molecule has 1 rings (SSSR count). The van der Waals surface area contributed by atoms with Gasteiger partial charge in [0.1, 0.15) is 5.76 Å². The third-order valence-corrected chi connectivity index (χ3v) is 2.57. The van der Waals surface area contributed by atoms with Gasteiger partial charge in [0.15, 0.2) is 5.78 Å². The SMILES string of the molecule is CCCC(=NC(C)C)C1=C(O)CCCC1=O. The Labute approximate surface area is 97.3 Å². The lowest BCUT2D eigenvalue weighted by atomic mass is 9.91. The molecule has 0 aromatic rings. The molecule has 0 atom stereocenters. The molecular weight excluding hydrogens is 202 g/mol. The van der Waals surface area contributed by atoms with Crippen LogP contribution in [0.3, 0.4) is 0 Å². The Morgan fingerprint density at radius 1 is 1.44 bits per heavy atom. The van der Waals surface area contributed by atoms with E-state index in [9.17, 15) is 9.90 Å². The normalized spacial score (nSPS) is 18.5. The first-order chi connectivity index (χ1) is 7.56. The van der Waals surface area contributed by atoms with Crippen molar-refractivity contribution in [3.8, 4) is 0 Å². The summed E-state index contributed by atoms with van der Waals surface area (Å²) in [6, 6.07) is 0.163. The van der Waals surface area contributed by atoms with Crippen LogP contribution in [0.4, 0.5) is 0 Å². The number of allylic oxidation sites excluding steroid dienone is 2. The summed E-state index contributed by atoms with van der Waals surface area (Å²) in [6.07, 6.45) is 3.62. The van der Waals surface area contributed by atoms with Crippen LogP contribution in [-0.4, -0.2) is 22.6 Å². The van der Waals surface area contributed by atoms with Crippen molar-refractivity contribution < 1.29 is 9.90 Å². The number of ketones is 1. The second-order valence-electron chi connectivity index (χ2n) is 4.52. The molecule has 0 fully saturated rings. The Bertz CT molecular complexity index is 327. The van der Waals surface area contributed by atoms with Gasteiger partial charge in [0.05, 0.1) is 5.57 Å². The lowest BCUT2D eigenvalue weighted by molar-refractivity contribution is -0.115.